The molecule has 140 valence electrons. The zero-order chi connectivity index (χ0) is 18.7. The minimum atomic E-state index is -1.06. The number of carbonyl (C=O) groups is 1. The first kappa shape index (κ1) is 18.2. The molecule has 1 amide bonds. The predicted octanol–water partition coefficient (Wildman–Crippen LogP) is 2.73. The number of aryl methyl sites for hydroxylation is 1. The van der Waals surface area contributed by atoms with Gasteiger partial charge in [0.1, 0.15) is 12.2 Å². The maximum atomic E-state index is 13.0. The molecule has 1 saturated carbocycles. The molecule has 7 heteroatoms. The minimum Gasteiger partial charge on any atom is -0.493 e. The maximum Gasteiger partial charge on any atom is 0.264 e. The van der Waals surface area contributed by atoms with E-state index in [-0.39, 0.29) is 11.9 Å². The van der Waals surface area contributed by atoms with Gasteiger partial charge in [-0.15, -0.1) is 0 Å². The zero-order valence-corrected chi connectivity index (χ0v) is 15.7. The Balaban J connectivity index is 1.76. The van der Waals surface area contributed by atoms with E-state index >= 15 is 0 Å². The van der Waals surface area contributed by atoms with E-state index < -0.39 is 5.60 Å². The number of hydrogen-bond acceptors (Lipinski definition) is 5. The van der Waals surface area contributed by atoms with Crippen molar-refractivity contribution in [1.82, 2.24) is 20.1 Å². The van der Waals surface area contributed by atoms with Gasteiger partial charge in [0.25, 0.3) is 5.91 Å². The van der Waals surface area contributed by atoms with Crippen molar-refractivity contribution < 1.29 is 14.3 Å². The van der Waals surface area contributed by atoms with Gasteiger partial charge in [-0.3, -0.25) is 4.79 Å². The molecule has 0 bridgehead atoms. The Morgan fingerprint density at radius 3 is 2.65 bits per heavy atom. The number of nitrogens with one attached hydrogen (secondary N) is 1. The average molecular weight is 358 g/mol. The summed E-state index contributed by atoms with van der Waals surface area (Å²) in [4.78, 5) is 17.3. The van der Waals surface area contributed by atoms with Gasteiger partial charge in [-0.25, -0.2) is 9.67 Å². The molecule has 0 aliphatic heterocycles. The standard InChI is InChI=1S/C19H26N4O3/c1-5-23-17(20-12-21-23)16(13-10-11-13)22-18(24)19(2,3)26-15-9-7-6-8-14(15)25-4/h6-9,12-13,16H,5,10-11H2,1-4H3,(H,22,24). The summed E-state index contributed by atoms with van der Waals surface area (Å²) in [5.74, 6) is 2.14. The summed E-state index contributed by atoms with van der Waals surface area (Å²) in [7, 11) is 1.58. The average Bonchev–Trinajstić information content (AvgIpc) is 3.36. The summed E-state index contributed by atoms with van der Waals surface area (Å²) in [5, 5.41) is 7.36. The first-order valence-electron chi connectivity index (χ1n) is 8.97. The smallest absolute Gasteiger partial charge is 0.264 e. The number of methoxy groups -OCH3 is 1. The van der Waals surface area contributed by atoms with E-state index in [1.54, 1.807) is 33.1 Å². The van der Waals surface area contributed by atoms with Crippen LogP contribution >= 0.6 is 0 Å². The molecule has 1 aliphatic rings. The molecule has 1 atom stereocenters. The number of amides is 1. The Morgan fingerprint density at radius 1 is 1.35 bits per heavy atom. The second-order valence-corrected chi connectivity index (χ2v) is 6.99. The van der Waals surface area contributed by atoms with Crippen LogP contribution in [0.1, 0.15) is 45.5 Å². The van der Waals surface area contributed by atoms with E-state index in [2.05, 4.69) is 15.4 Å². The number of benzene rings is 1. The monoisotopic (exact) mass is 358 g/mol. The summed E-state index contributed by atoms with van der Waals surface area (Å²) >= 11 is 0. The molecule has 0 radical (unpaired) electrons. The predicted molar refractivity (Wildman–Crippen MR) is 97.0 cm³/mol. The highest BCUT2D eigenvalue weighted by molar-refractivity contribution is 5.85. The van der Waals surface area contributed by atoms with Crippen LogP contribution in [-0.2, 0) is 11.3 Å². The highest BCUT2D eigenvalue weighted by Gasteiger charge is 2.40. The van der Waals surface area contributed by atoms with Crippen LogP contribution in [0.4, 0.5) is 0 Å². The van der Waals surface area contributed by atoms with Gasteiger partial charge in [-0.2, -0.15) is 5.10 Å². The number of ether oxygens (including phenoxy) is 2. The molecule has 0 spiro atoms. The molecule has 1 unspecified atom stereocenters. The lowest BCUT2D eigenvalue weighted by atomic mass is 10.1. The Hall–Kier alpha value is -2.57. The first-order valence-corrected chi connectivity index (χ1v) is 8.97. The van der Waals surface area contributed by atoms with E-state index in [0.717, 1.165) is 25.2 Å². The van der Waals surface area contributed by atoms with Gasteiger partial charge in [0.2, 0.25) is 0 Å². The van der Waals surface area contributed by atoms with Crippen LogP contribution in [0.3, 0.4) is 0 Å². The van der Waals surface area contributed by atoms with Crippen LogP contribution in [0.2, 0.25) is 0 Å². The number of nitrogens with zero attached hydrogens (tertiary/aromatic N) is 3. The molecule has 0 saturated heterocycles. The van der Waals surface area contributed by atoms with Crippen LogP contribution in [0, 0.1) is 5.92 Å². The molecule has 1 aromatic heterocycles. The fourth-order valence-electron chi connectivity index (χ4n) is 2.92. The largest absolute Gasteiger partial charge is 0.493 e. The van der Waals surface area contributed by atoms with Crippen molar-refractivity contribution in [2.24, 2.45) is 5.92 Å². The van der Waals surface area contributed by atoms with E-state index in [0.29, 0.717) is 17.4 Å². The SMILES string of the molecule is CCn1ncnc1C(NC(=O)C(C)(C)Oc1ccccc1OC)C1CC1. The highest BCUT2D eigenvalue weighted by Crippen LogP contribution is 2.40. The number of carbonyl (C=O) groups excluding carboxylic acids is 1. The Morgan fingerprint density at radius 2 is 2.04 bits per heavy atom. The summed E-state index contributed by atoms with van der Waals surface area (Å²) in [6.45, 7) is 6.24. The Labute approximate surface area is 153 Å². The highest BCUT2D eigenvalue weighted by atomic mass is 16.5. The number of hydrogen-bond donors (Lipinski definition) is 1. The Bertz CT molecular complexity index is 768. The molecule has 1 aromatic carbocycles. The third-order valence-electron chi connectivity index (χ3n) is 4.58. The summed E-state index contributed by atoms with van der Waals surface area (Å²) in [6, 6.07) is 7.16. The molecular weight excluding hydrogens is 332 g/mol. The summed E-state index contributed by atoms with van der Waals surface area (Å²) < 4.78 is 13.1. The van der Waals surface area contributed by atoms with E-state index in [1.807, 2.05) is 23.7 Å². The second-order valence-electron chi connectivity index (χ2n) is 6.99. The van der Waals surface area contributed by atoms with Crippen molar-refractivity contribution in [3.05, 3.63) is 36.4 Å². The topological polar surface area (TPSA) is 78.3 Å². The van der Waals surface area contributed by atoms with Crippen LogP contribution in [0.5, 0.6) is 11.5 Å². The molecular formula is C19H26N4O3. The van der Waals surface area contributed by atoms with Gasteiger partial charge in [-0.1, -0.05) is 12.1 Å². The molecule has 26 heavy (non-hydrogen) atoms. The first-order chi connectivity index (χ1) is 12.5. The van der Waals surface area contributed by atoms with Crippen molar-refractivity contribution in [2.75, 3.05) is 7.11 Å². The molecule has 1 fully saturated rings. The van der Waals surface area contributed by atoms with Gasteiger partial charge in [-0.05, 0) is 51.7 Å². The van der Waals surface area contributed by atoms with Crippen molar-refractivity contribution in [1.29, 1.82) is 0 Å². The fraction of sp³-hybridized carbons (Fsp3) is 0.526. The summed E-state index contributed by atoms with van der Waals surface area (Å²) in [6.07, 6.45) is 3.70. The molecule has 1 N–H and O–H groups in total. The number of para-hydroxylation sites is 2. The Kier molecular flexibility index (Phi) is 5.15. The van der Waals surface area contributed by atoms with E-state index in [4.69, 9.17) is 9.47 Å². The van der Waals surface area contributed by atoms with Crippen LogP contribution in [-0.4, -0.2) is 33.4 Å². The quantitative estimate of drug-likeness (QED) is 0.785. The van der Waals surface area contributed by atoms with Gasteiger partial charge in [0.05, 0.1) is 13.2 Å². The molecule has 1 heterocycles. The van der Waals surface area contributed by atoms with E-state index in [9.17, 15) is 4.79 Å². The molecule has 7 nitrogen and oxygen atoms in total. The summed E-state index contributed by atoms with van der Waals surface area (Å²) in [5.41, 5.74) is -1.06. The van der Waals surface area contributed by atoms with Crippen molar-refractivity contribution in [3.63, 3.8) is 0 Å². The van der Waals surface area contributed by atoms with Gasteiger partial charge < -0.3 is 14.8 Å². The lowest BCUT2D eigenvalue weighted by Gasteiger charge is -2.28. The lowest BCUT2D eigenvalue weighted by molar-refractivity contribution is -0.135. The number of aromatic nitrogens is 3. The second kappa shape index (κ2) is 7.35. The van der Waals surface area contributed by atoms with Crippen molar-refractivity contribution >= 4 is 5.91 Å². The van der Waals surface area contributed by atoms with Crippen LogP contribution < -0.4 is 14.8 Å². The molecule has 2 aromatic rings. The van der Waals surface area contributed by atoms with E-state index in [1.165, 1.54) is 6.33 Å². The maximum absolute atomic E-state index is 13.0. The van der Waals surface area contributed by atoms with Crippen molar-refractivity contribution in [3.8, 4) is 11.5 Å². The third-order valence-corrected chi connectivity index (χ3v) is 4.58. The van der Waals surface area contributed by atoms with Gasteiger partial charge in [0.15, 0.2) is 17.1 Å². The lowest BCUT2D eigenvalue weighted by Crippen LogP contribution is -2.48. The fourth-order valence-corrected chi connectivity index (χ4v) is 2.92. The third kappa shape index (κ3) is 3.81. The number of rotatable bonds is 8. The zero-order valence-electron chi connectivity index (χ0n) is 15.7. The molecule has 1 aliphatic carbocycles. The normalized spacial score (nSPS) is 15.4. The van der Waals surface area contributed by atoms with Gasteiger partial charge >= 0.3 is 0 Å². The van der Waals surface area contributed by atoms with Crippen molar-refractivity contribution in [2.45, 2.75) is 51.8 Å². The minimum absolute atomic E-state index is 0.148. The van der Waals surface area contributed by atoms with Crippen LogP contribution in [0.25, 0.3) is 0 Å². The van der Waals surface area contributed by atoms with Crippen LogP contribution in [0.15, 0.2) is 30.6 Å². The van der Waals surface area contributed by atoms with Gasteiger partial charge in [0, 0.05) is 6.54 Å². The molecule has 3 rings (SSSR count).